The summed E-state index contributed by atoms with van der Waals surface area (Å²) in [5, 5.41) is 22.8. The van der Waals surface area contributed by atoms with E-state index in [0.717, 1.165) is 36.8 Å². The van der Waals surface area contributed by atoms with Gasteiger partial charge in [0.15, 0.2) is 0 Å². The Hall–Kier alpha value is -1.51. The predicted molar refractivity (Wildman–Crippen MR) is 158 cm³/mol. The smallest absolute Gasteiger partial charge is 0 e. The summed E-state index contributed by atoms with van der Waals surface area (Å²) in [6.07, 6.45) is 7.45. The molecule has 0 heterocycles. The molecule has 0 aromatic heterocycles. The summed E-state index contributed by atoms with van der Waals surface area (Å²) < 4.78 is 59.2. The van der Waals surface area contributed by atoms with Crippen LogP contribution in [0.3, 0.4) is 0 Å². The summed E-state index contributed by atoms with van der Waals surface area (Å²) in [6, 6.07) is 7.09. The van der Waals surface area contributed by atoms with Gasteiger partial charge in [-0.25, -0.2) is 0 Å². The van der Waals surface area contributed by atoms with Crippen LogP contribution >= 0.6 is 31.0 Å². The third-order valence-electron chi connectivity index (χ3n) is 6.33. The van der Waals surface area contributed by atoms with Crippen LogP contribution in [0, 0.1) is 0 Å². The predicted octanol–water partition coefficient (Wildman–Crippen LogP) is 11.2. The van der Waals surface area contributed by atoms with E-state index >= 15 is 0 Å². The van der Waals surface area contributed by atoms with E-state index in [2.05, 4.69) is 0 Å². The molecule has 1 radical (unpaired) electrons. The second kappa shape index (κ2) is 12.8. The van der Waals surface area contributed by atoms with E-state index in [1.807, 2.05) is 53.7 Å². The molecule has 2 atom stereocenters. The first-order valence-electron chi connectivity index (χ1n) is 12.9. The van der Waals surface area contributed by atoms with Crippen molar-refractivity contribution >= 4 is 43.4 Å². The number of phenols is 2. The van der Waals surface area contributed by atoms with Gasteiger partial charge in [-0.2, -0.15) is 0 Å². The number of rotatable bonds is 4. The van der Waals surface area contributed by atoms with E-state index in [1.165, 1.54) is 0 Å². The van der Waals surface area contributed by atoms with Crippen molar-refractivity contribution < 1.29 is 52.5 Å². The summed E-state index contributed by atoms with van der Waals surface area (Å²) in [4.78, 5) is 9.65. The summed E-state index contributed by atoms with van der Waals surface area (Å²) in [5.41, 5.74) is 2.36. The van der Waals surface area contributed by atoms with Crippen molar-refractivity contribution in [2.75, 3.05) is 0 Å². The van der Waals surface area contributed by atoms with Crippen LogP contribution in [0.1, 0.15) is 89.5 Å². The Balaban J connectivity index is 0.000000981. The first kappa shape index (κ1) is 38.5. The molecule has 0 spiro atoms. The van der Waals surface area contributed by atoms with Crippen LogP contribution in [-0.2, 0) is 27.9 Å². The summed E-state index contributed by atoms with van der Waals surface area (Å²) in [6.45, 7) is 12.3. The average molecular weight is 703 g/mol. The molecule has 2 unspecified atom stereocenters. The van der Waals surface area contributed by atoms with Gasteiger partial charge in [-0.3, -0.25) is 9.98 Å². The van der Waals surface area contributed by atoms with Crippen molar-refractivity contribution in [2.24, 2.45) is 9.98 Å². The van der Waals surface area contributed by atoms with Crippen LogP contribution < -0.4 is 0 Å². The Morgan fingerprint density at radius 2 is 0.976 bits per heavy atom. The van der Waals surface area contributed by atoms with Gasteiger partial charge in [-0.15, -0.1) is 0 Å². The van der Waals surface area contributed by atoms with Crippen LogP contribution in [0.15, 0.2) is 34.3 Å². The number of benzene rings is 2. The Labute approximate surface area is 263 Å². The molecule has 0 aliphatic heterocycles. The summed E-state index contributed by atoms with van der Waals surface area (Å²) in [5.74, 6) is 0.435. The zero-order valence-corrected chi connectivity index (χ0v) is 27.7. The molecule has 14 heteroatoms. The van der Waals surface area contributed by atoms with Gasteiger partial charge in [0, 0.05) is 61.8 Å². The van der Waals surface area contributed by atoms with Gasteiger partial charge >= 0.3 is 33.0 Å². The summed E-state index contributed by atoms with van der Waals surface area (Å²) >= 11 is 12.7. The van der Waals surface area contributed by atoms with Gasteiger partial charge in [-0.05, 0) is 47.9 Å². The van der Waals surface area contributed by atoms with Crippen LogP contribution in [0.5, 0.6) is 11.5 Å². The standard InChI is InChI=1S/C28H36Cl2N2O2.F6P.Mn/c1-27(2,3)21-13-19(29)11-17(25(21)33)15-31-23-9-7-8-10-24(23)32-16-18-12-20(30)14-22(26(18)34)28(4,5)6;1-7(2,3,4,5)6;/h11-16,23-24,33-34H,7-10H2,1-6H3;;/q;-1;. The maximum atomic E-state index is 10.8. The van der Waals surface area contributed by atoms with Gasteiger partial charge in [0.05, 0.1) is 12.1 Å². The van der Waals surface area contributed by atoms with Crippen molar-refractivity contribution in [3.8, 4) is 11.5 Å². The molecule has 1 saturated carbocycles. The fourth-order valence-electron chi connectivity index (χ4n) is 4.37. The van der Waals surface area contributed by atoms with Gasteiger partial charge in [0.1, 0.15) is 11.5 Å². The number of phenolic OH excluding ortho intramolecular Hbond substituents is 2. The third-order valence-corrected chi connectivity index (χ3v) is 6.76. The van der Waals surface area contributed by atoms with Crippen LogP contribution in [0.25, 0.3) is 0 Å². The van der Waals surface area contributed by atoms with Crippen LogP contribution in [-0.4, -0.2) is 34.7 Å². The average Bonchev–Trinajstić information content (AvgIpc) is 2.76. The zero-order chi connectivity index (χ0) is 31.7. The molecule has 2 N–H and O–H groups in total. The maximum absolute atomic E-state index is 10.8. The van der Waals surface area contributed by atoms with E-state index in [9.17, 15) is 35.4 Å². The minimum Gasteiger partial charge on any atom is 0 e. The fraction of sp³-hybridized carbons (Fsp3) is 0.500. The second-order valence-electron chi connectivity index (χ2n) is 12.2. The Bertz CT molecular complexity index is 1230. The van der Waals surface area contributed by atoms with Crippen molar-refractivity contribution in [2.45, 2.75) is 90.1 Å². The molecule has 2 aromatic carbocycles. The SMILES string of the molecule is CC(C)(C)c1cc(Cl)cc(C=NC2CCCCC2N=Cc2cc(Cl)cc(C(C)(C)C)c2O)c1O.F[P-](F)(F)(F)(F)F.[Mn]. The first-order valence-corrected chi connectivity index (χ1v) is 15.7. The molecule has 3 rings (SSSR count). The molecule has 0 saturated heterocycles. The molecule has 1 aliphatic carbocycles. The number of hydrogen-bond acceptors (Lipinski definition) is 4. The second-order valence-corrected chi connectivity index (χ2v) is 15.0. The van der Waals surface area contributed by atoms with E-state index in [-0.39, 0.29) is 51.5 Å². The Kier molecular flexibility index (Phi) is 11.8. The zero-order valence-electron chi connectivity index (χ0n) is 24.1. The van der Waals surface area contributed by atoms with E-state index in [4.69, 9.17) is 33.2 Å². The van der Waals surface area contributed by atoms with E-state index in [0.29, 0.717) is 21.2 Å². The molecule has 0 amide bonds. The van der Waals surface area contributed by atoms with Gasteiger partial charge < -0.3 is 10.2 Å². The van der Waals surface area contributed by atoms with E-state index < -0.39 is 7.81 Å². The molecule has 239 valence electrons. The molecular weight excluding hydrogens is 667 g/mol. The molecule has 1 fully saturated rings. The molecule has 0 bridgehead atoms. The summed E-state index contributed by atoms with van der Waals surface area (Å²) in [7, 11) is -10.7. The number of aliphatic imine (C=N–C) groups is 2. The molecule has 2 aromatic rings. The monoisotopic (exact) mass is 702 g/mol. The Morgan fingerprint density at radius 1 is 0.690 bits per heavy atom. The number of nitrogens with zero attached hydrogens (tertiary/aromatic N) is 2. The van der Waals surface area contributed by atoms with Gasteiger partial charge in [0.25, 0.3) is 0 Å². The molecule has 42 heavy (non-hydrogen) atoms. The minimum absolute atomic E-state index is 0. The van der Waals surface area contributed by atoms with Crippen LogP contribution in [0.4, 0.5) is 25.2 Å². The third kappa shape index (κ3) is 13.4. The first-order chi connectivity index (χ1) is 18.2. The topological polar surface area (TPSA) is 65.2 Å². The largest absolute Gasteiger partial charge is 0 e. The minimum atomic E-state index is -10.7. The fourth-order valence-corrected chi connectivity index (χ4v) is 4.83. The molecule has 4 nitrogen and oxygen atoms in total. The molecule has 1 aliphatic rings. The Morgan fingerprint density at radius 3 is 1.24 bits per heavy atom. The van der Waals surface area contributed by atoms with Crippen molar-refractivity contribution in [1.82, 2.24) is 0 Å². The van der Waals surface area contributed by atoms with Gasteiger partial charge in [0.2, 0.25) is 0 Å². The molecular formula is C28H36Cl2F6MnN2O2P-. The number of hydrogen-bond donors (Lipinski definition) is 2. The van der Waals surface area contributed by atoms with Crippen molar-refractivity contribution in [1.29, 1.82) is 0 Å². The maximum Gasteiger partial charge on any atom is 0 e. The van der Waals surface area contributed by atoms with Crippen LogP contribution in [0.2, 0.25) is 10.0 Å². The van der Waals surface area contributed by atoms with Crippen molar-refractivity contribution in [3.05, 3.63) is 56.6 Å². The quantitative estimate of drug-likeness (QED) is 0.144. The van der Waals surface area contributed by atoms with E-state index in [1.54, 1.807) is 24.6 Å². The number of halogens is 8. The van der Waals surface area contributed by atoms with Crippen molar-refractivity contribution in [3.63, 3.8) is 0 Å². The van der Waals surface area contributed by atoms with Gasteiger partial charge in [-0.1, -0.05) is 77.6 Å². The number of aromatic hydroxyl groups is 2. The normalized spacial score (nSPS) is 20.0.